The van der Waals surface area contributed by atoms with Crippen molar-refractivity contribution in [2.45, 2.75) is 155 Å². The molecular formula is C31H56O4. The van der Waals surface area contributed by atoms with E-state index < -0.39 is 18.3 Å². The van der Waals surface area contributed by atoms with Gasteiger partial charge in [0.05, 0.1) is 31.0 Å². The van der Waals surface area contributed by atoms with Crippen molar-refractivity contribution >= 4 is 0 Å². The van der Waals surface area contributed by atoms with E-state index >= 15 is 0 Å². The molecule has 0 spiro atoms. The number of aliphatic hydroxyl groups excluding tert-OH is 3. The summed E-state index contributed by atoms with van der Waals surface area (Å²) in [5, 5.41) is 31.8. The molecule has 0 saturated carbocycles. The highest BCUT2D eigenvalue weighted by molar-refractivity contribution is 5.13. The number of ether oxygens (including phenoxy) is 1. The van der Waals surface area contributed by atoms with Crippen LogP contribution in [0.1, 0.15) is 129 Å². The van der Waals surface area contributed by atoms with Gasteiger partial charge in [-0.05, 0) is 31.7 Å². The highest BCUT2D eigenvalue weighted by atomic mass is 16.5. The van der Waals surface area contributed by atoms with Gasteiger partial charge in [-0.1, -0.05) is 128 Å². The molecule has 0 radical (unpaired) electrons. The molecule has 0 bridgehead atoms. The van der Waals surface area contributed by atoms with Gasteiger partial charge in [-0.3, -0.25) is 0 Å². The van der Waals surface area contributed by atoms with Gasteiger partial charge in [0.25, 0.3) is 0 Å². The van der Waals surface area contributed by atoms with Crippen LogP contribution >= 0.6 is 0 Å². The van der Waals surface area contributed by atoms with Crippen LogP contribution in [0.3, 0.4) is 0 Å². The van der Waals surface area contributed by atoms with Gasteiger partial charge >= 0.3 is 0 Å². The number of rotatable bonds is 23. The SMILES string of the molecule is CCCCCCCCCCC[C@H](C[C@H](O)[C@H](CCCCCC)C(O)[C@@H](C)O)OCc1ccccc1. The van der Waals surface area contributed by atoms with Crippen molar-refractivity contribution in [3.63, 3.8) is 0 Å². The van der Waals surface area contributed by atoms with Crippen LogP contribution in [0.5, 0.6) is 0 Å². The zero-order valence-corrected chi connectivity index (χ0v) is 23.0. The highest BCUT2D eigenvalue weighted by Gasteiger charge is 2.31. The first-order chi connectivity index (χ1) is 17.0. The Labute approximate surface area is 216 Å². The van der Waals surface area contributed by atoms with E-state index in [-0.39, 0.29) is 12.0 Å². The molecule has 1 rings (SSSR count). The Kier molecular flexibility index (Phi) is 19.4. The lowest BCUT2D eigenvalue weighted by molar-refractivity contribution is -0.0757. The quantitative estimate of drug-likeness (QED) is 0.138. The molecule has 0 aromatic heterocycles. The van der Waals surface area contributed by atoms with E-state index in [1.807, 2.05) is 18.2 Å². The molecule has 0 aliphatic rings. The van der Waals surface area contributed by atoms with Crippen LogP contribution < -0.4 is 0 Å². The third kappa shape index (κ3) is 15.7. The number of benzene rings is 1. The highest BCUT2D eigenvalue weighted by Crippen LogP contribution is 2.26. The van der Waals surface area contributed by atoms with Gasteiger partial charge in [-0.15, -0.1) is 0 Å². The zero-order chi connectivity index (χ0) is 25.7. The van der Waals surface area contributed by atoms with Crippen LogP contribution in [0.25, 0.3) is 0 Å². The smallest absolute Gasteiger partial charge is 0.0849 e. The van der Waals surface area contributed by atoms with Crippen LogP contribution in [-0.2, 0) is 11.3 Å². The molecule has 204 valence electrons. The van der Waals surface area contributed by atoms with E-state index in [0.29, 0.717) is 13.0 Å². The third-order valence-corrected chi connectivity index (χ3v) is 7.28. The summed E-state index contributed by atoms with van der Waals surface area (Å²) >= 11 is 0. The molecule has 0 aliphatic heterocycles. The van der Waals surface area contributed by atoms with Gasteiger partial charge in [-0.25, -0.2) is 0 Å². The largest absolute Gasteiger partial charge is 0.393 e. The van der Waals surface area contributed by atoms with E-state index in [1.54, 1.807) is 6.92 Å². The summed E-state index contributed by atoms with van der Waals surface area (Å²) in [4.78, 5) is 0. The Morgan fingerprint density at radius 2 is 1.20 bits per heavy atom. The lowest BCUT2D eigenvalue weighted by atomic mass is 9.84. The second kappa shape index (κ2) is 21.2. The van der Waals surface area contributed by atoms with Crippen LogP contribution in [-0.4, -0.2) is 39.7 Å². The molecule has 1 aromatic carbocycles. The number of aliphatic hydroxyl groups is 3. The van der Waals surface area contributed by atoms with Gasteiger partial charge in [0.2, 0.25) is 0 Å². The van der Waals surface area contributed by atoms with Gasteiger partial charge in [0, 0.05) is 5.92 Å². The molecule has 35 heavy (non-hydrogen) atoms. The molecule has 4 heteroatoms. The van der Waals surface area contributed by atoms with Crippen LogP contribution in [0, 0.1) is 5.92 Å². The lowest BCUT2D eigenvalue weighted by Gasteiger charge is -2.31. The molecule has 1 unspecified atom stereocenters. The fraction of sp³-hybridized carbons (Fsp3) is 0.806. The van der Waals surface area contributed by atoms with Crippen LogP contribution in [0.2, 0.25) is 0 Å². The maximum Gasteiger partial charge on any atom is 0.0849 e. The summed E-state index contributed by atoms with van der Waals surface area (Å²) in [6.07, 6.45) is 15.6. The first-order valence-corrected chi connectivity index (χ1v) is 14.7. The fourth-order valence-corrected chi connectivity index (χ4v) is 4.94. The molecule has 4 nitrogen and oxygen atoms in total. The first kappa shape index (κ1) is 32.1. The molecule has 0 aliphatic carbocycles. The van der Waals surface area contributed by atoms with E-state index in [1.165, 1.54) is 51.4 Å². The Morgan fingerprint density at radius 1 is 0.686 bits per heavy atom. The molecule has 0 saturated heterocycles. The Morgan fingerprint density at radius 3 is 1.77 bits per heavy atom. The minimum absolute atomic E-state index is 0.0471. The summed E-state index contributed by atoms with van der Waals surface area (Å²) in [6, 6.07) is 10.2. The molecule has 0 fully saturated rings. The topological polar surface area (TPSA) is 69.9 Å². The van der Waals surface area contributed by atoms with Crippen molar-refractivity contribution in [2.24, 2.45) is 5.92 Å². The van der Waals surface area contributed by atoms with E-state index in [0.717, 1.165) is 50.5 Å². The zero-order valence-electron chi connectivity index (χ0n) is 23.0. The lowest BCUT2D eigenvalue weighted by Crippen LogP contribution is -2.40. The fourth-order valence-electron chi connectivity index (χ4n) is 4.94. The normalized spacial score (nSPS) is 16.1. The Hall–Kier alpha value is -0.940. The Balaban J connectivity index is 2.60. The Bertz CT molecular complexity index is 577. The van der Waals surface area contributed by atoms with Crippen molar-refractivity contribution in [3.05, 3.63) is 35.9 Å². The summed E-state index contributed by atoms with van der Waals surface area (Å²) in [5.41, 5.74) is 1.14. The van der Waals surface area contributed by atoms with Gasteiger partial charge in [0.1, 0.15) is 0 Å². The van der Waals surface area contributed by atoms with E-state index in [9.17, 15) is 15.3 Å². The predicted octanol–water partition coefficient (Wildman–Crippen LogP) is 7.57. The van der Waals surface area contributed by atoms with E-state index in [4.69, 9.17) is 4.74 Å². The molecule has 0 amide bonds. The maximum absolute atomic E-state index is 11.1. The van der Waals surface area contributed by atoms with E-state index in [2.05, 4.69) is 26.0 Å². The van der Waals surface area contributed by atoms with Crippen LogP contribution in [0.4, 0.5) is 0 Å². The second-order valence-corrected chi connectivity index (χ2v) is 10.6. The second-order valence-electron chi connectivity index (χ2n) is 10.6. The summed E-state index contributed by atoms with van der Waals surface area (Å²) < 4.78 is 6.30. The van der Waals surface area contributed by atoms with Crippen LogP contribution in [0.15, 0.2) is 30.3 Å². The molecular weight excluding hydrogens is 436 g/mol. The number of hydrogen-bond donors (Lipinski definition) is 3. The van der Waals surface area contributed by atoms with Gasteiger partial charge in [0.15, 0.2) is 0 Å². The molecule has 3 N–H and O–H groups in total. The van der Waals surface area contributed by atoms with Crippen molar-refractivity contribution in [3.8, 4) is 0 Å². The van der Waals surface area contributed by atoms with Crippen molar-refractivity contribution < 1.29 is 20.1 Å². The van der Waals surface area contributed by atoms with Gasteiger partial charge < -0.3 is 20.1 Å². The summed E-state index contributed by atoms with van der Waals surface area (Å²) in [5.74, 6) is -0.321. The molecule has 1 aromatic rings. The standard InChI is InChI=1S/C31H56O4/c1-4-6-8-10-11-12-13-14-18-22-28(35-25-27-20-16-15-17-21-27)24-30(33)29(31(34)26(3)32)23-19-9-7-5-2/h15-17,20-21,26,28-34H,4-14,18-19,22-25H2,1-3H3/t26-,28-,29+,30+,31?/m1/s1. The van der Waals surface area contributed by atoms with Crippen molar-refractivity contribution in [1.29, 1.82) is 0 Å². The monoisotopic (exact) mass is 492 g/mol. The molecule has 5 atom stereocenters. The summed E-state index contributed by atoms with van der Waals surface area (Å²) in [7, 11) is 0. The number of unbranched alkanes of at least 4 members (excludes halogenated alkanes) is 11. The maximum atomic E-state index is 11.1. The van der Waals surface area contributed by atoms with Gasteiger partial charge in [-0.2, -0.15) is 0 Å². The number of hydrogen-bond acceptors (Lipinski definition) is 4. The average Bonchev–Trinajstić information content (AvgIpc) is 2.86. The molecule has 0 heterocycles. The third-order valence-electron chi connectivity index (χ3n) is 7.28. The first-order valence-electron chi connectivity index (χ1n) is 14.7. The average molecular weight is 493 g/mol. The predicted molar refractivity (Wildman–Crippen MR) is 147 cm³/mol. The summed E-state index contributed by atoms with van der Waals surface area (Å²) in [6.45, 7) is 6.59. The minimum atomic E-state index is -0.908. The van der Waals surface area contributed by atoms with Crippen molar-refractivity contribution in [2.75, 3.05) is 0 Å². The minimum Gasteiger partial charge on any atom is -0.393 e. The van der Waals surface area contributed by atoms with Crippen molar-refractivity contribution in [1.82, 2.24) is 0 Å².